The second-order valence-corrected chi connectivity index (χ2v) is 9.50. The summed E-state index contributed by atoms with van der Waals surface area (Å²) in [7, 11) is 3.64. The van der Waals surface area contributed by atoms with Crippen LogP contribution < -0.4 is 0 Å². The van der Waals surface area contributed by atoms with E-state index in [0.717, 1.165) is 11.5 Å². The van der Waals surface area contributed by atoms with Crippen LogP contribution in [0.15, 0.2) is 0 Å². The van der Waals surface area contributed by atoms with E-state index in [1.54, 1.807) is 0 Å². The summed E-state index contributed by atoms with van der Waals surface area (Å²) < 4.78 is 23.3. The van der Waals surface area contributed by atoms with Gasteiger partial charge in [0.15, 0.2) is 0 Å². The zero-order valence-corrected chi connectivity index (χ0v) is 18.4. The molecule has 0 aromatic carbocycles. The third-order valence-corrected chi connectivity index (χ3v) is 5.25. The predicted molar refractivity (Wildman–Crippen MR) is 107 cm³/mol. The molecular formula is C18H38O4S2. The second kappa shape index (κ2) is 14.7. The molecule has 0 aromatic heterocycles. The lowest BCUT2D eigenvalue weighted by atomic mass is 10.4. The van der Waals surface area contributed by atoms with Gasteiger partial charge in [-0.15, -0.1) is 0 Å². The van der Waals surface area contributed by atoms with E-state index in [9.17, 15) is 0 Å². The van der Waals surface area contributed by atoms with Crippen LogP contribution in [0.25, 0.3) is 0 Å². The van der Waals surface area contributed by atoms with Gasteiger partial charge in [0, 0.05) is 11.5 Å². The van der Waals surface area contributed by atoms with Crippen LogP contribution in [0.2, 0.25) is 0 Å². The van der Waals surface area contributed by atoms with Crippen LogP contribution in [0, 0.1) is 0 Å². The van der Waals surface area contributed by atoms with Gasteiger partial charge in [-0.25, -0.2) is 0 Å². The molecule has 0 N–H and O–H groups in total. The minimum Gasteiger partial charge on any atom is -0.376 e. The van der Waals surface area contributed by atoms with Crippen molar-refractivity contribution in [2.24, 2.45) is 0 Å². The van der Waals surface area contributed by atoms with Crippen molar-refractivity contribution in [2.75, 3.05) is 24.7 Å². The first kappa shape index (κ1) is 24.5. The molecular weight excluding hydrogens is 344 g/mol. The maximum absolute atomic E-state index is 5.94. The van der Waals surface area contributed by atoms with E-state index in [1.807, 2.05) is 21.6 Å². The van der Waals surface area contributed by atoms with Crippen molar-refractivity contribution < 1.29 is 18.9 Å². The first-order chi connectivity index (χ1) is 11.2. The van der Waals surface area contributed by atoms with Gasteiger partial charge in [0.05, 0.1) is 49.8 Å². The highest BCUT2D eigenvalue weighted by Crippen LogP contribution is 2.25. The fourth-order valence-corrected chi connectivity index (χ4v) is 4.20. The lowest BCUT2D eigenvalue weighted by molar-refractivity contribution is -0.0475. The molecule has 146 valence electrons. The van der Waals surface area contributed by atoms with Gasteiger partial charge in [0.2, 0.25) is 0 Å². The first-order valence-corrected chi connectivity index (χ1v) is 11.5. The van der Waals surface area contributed by atoms with Crippen molar-refractivity contribution in [3.8, 4) is 0 Å². The lowest BCUT2D eigenvalue weighted by Gasteiger charge is -2.23. The average molecular weight is 383 g/mol. The molecule has 0 rings (SSSR count). The number of hydrogen-bond acceptors (Lipinski definition) is 6. The molecule has 0 saturated carbocycles. The van der Waals surface area contributed by atoms with Crippen LogP contribution in [-0.2, 0) is 18.9 Å². The molecule has 24 heavy (non-hydrogen) atoms. The Kier molecular flexibility index (Phi) is 15.0. The Labute approximate surface area is 157 Å². The van der Waals surface area contributed by atoms with E-state index >= 15 is 0 Å². The molecule has 0 radical (unpaired) electrons. The Bertz CT molecular complexity index is 258. The van der Waals surface area contributed by atoms with Gasteiger partial charge in [-0.2, -0.15) is 0 Å². The zero-order chi connectivity index (χ0) is 18.5. The van der Waals surface area contributed by atoms with Crippen molar-refractivity contribution in [1.82, 2.24) is 0 Å². The maximum Gasteiger partial charge on any atom is 0.0910 e. The van der Waals surface area contributed by atoms with E-state index < -0.39 is 0 Å². The molecule has 4 nitrogen and oxygen atoms in total. The Morgan fingerprint density at radius 1 is 0.542 bits per heavy atom. The van der Waals surface area contributed by atoms with E-state index in [2.05, 4.69) is 55.4 Å². The summed E-state index contributed by atoms with van der Waals surface area (Å²) in [5.74, 6) is 1.82. The van der Waals surface area contributed by atoms with E-state index in [-0.39, 0.29) is 36.6 Å². The van der Waals surface area contributed by atoms with Crippen LogP contribution in [0.5, 0.6) is 0 Å². The molecule has 2 unspecified atom stereocenters. The predicted octanol–water partition coefficient (Wildman–Crippen LogP) is 4.81. The standard InChI is InChI=1S/C18H38O4S2/c1-13(2)19-9-17(21-15(5)6)11-23-24-12-18(22-16(7)8)10-20-14(3)4/h13-18H,9-12H2,1-8H3. The molecule has 0 amide bonds. The first-order valence-electron chi connectivity index (χ1n) is 8.99. The summed E-state index contributed by atoms with van der Waals surface area (Å²) in [6.45, 7) is 17.8. The molecule has 0 heterocycles. The molecule has 0 aliphatic carbocycles. The number of hydrogen-bond donors (Lipinski definition) is 0. The van der Waals surface area contributed by atoms with Crippen LogP contribution in [0.4, 0.5) is 0 Å². The number of ether oxygens (including phenoxy) is 4. The van der Waals surface area contributed by atoms with Crippen molar-refractivity contribution in [3.63, 3.8) is 0 Å². The van der Waals surface area contributed by atoms with Gasteiger partial charge < -0.3 is 18.9 Å². The quantitative estimate of drug-likeness (QED) is 0.299. The zero-order valence-electron chi connectivity index (χ0n) is 16.7. The van der Waals surface area contributed by atoms with Crippen molar-refractivity contribution in [3.05, 3.63) is 0 Å². The Hall–Kier alpha value is 0.540. The van der Waals surface area contributed by atoms with Gasteiger partial charge in [-0.3, -0.25) is 0 Å². The third-order valence-electron chi connectivity index (χ3n) is 2.75. The van der Waals surface area contributed by atoms with Crippen molar-refractivity contribution in [1.29, 1.82) is 0 Å². The van der Waals surface area contributed by atoms with Crippen molar-refractivity contribution in [2.45, 2.75) is 92.0 Å². The molecule has 2 atom stereocenters. The minimum atomic E-state index is 0.126. The van der Waals surface area contributed by atoms with E-state index in [0.29, 0.717) is 13.2 Å². The van der Waals surface area contributed by atoms with Crippen LogP contribution in [0.1, 0.15) is 55.4 Å². The highest BCUT2D eigenvalue weighted by molar-refractivity contribution is 8.76. The van der Waals surface area contributed by atoms with Gasteiger partial charge >= 0.3 is 0 Å². The molecule has 0 aliphatic rings. The normalized spacial score (nSPS) is 15.0. The Morgan fingerprint density at radius 3 is 1.12 bits per heavy atom. The Balaban J connectivity index is 4.14. The lowest BCUT2D eigenvalue weighted by Crippen LogP contribution is -2.28. The van der Waals surface area contributed by atoms with Crippen LogP contribution >= 0.6 is 21.6 Å². The van der Waals surface area contributed by atoms with Crippen LogP contribution in [0.3, 0.4) is 0 Å². The summed E-state index contributed by atoms with van der Waals surface area (Å²) >= 11 is 0. The number of rotatable bonds is 15. The molecule has 0 saturated heterocycles. The summed E-state index contributed by atoms with van der Waals surface area (Å²) in [6.07, 6.45) is 1.15. The molecule has 0 spiro atoms. The summed E-state index contributed by atoms with van der Waals surface area (Å²) in [5, 5.41) is 0. The molecule has 0 aliphatic heterocycles. The Morgan fingerprint density at radius 2 is 0.875 bits per heavy atom. The second-order valence-electron chi connectivity index (χ2n) is 6.95. The average Bonchev–Trinajstić information content (AvgIpc) is 2.44. The van der Waals surface area contributed by atoms with E-state index in [1.165, 1.54) is 0 Å². The maximum atomic E-state index is 5.94. The SMILES string of the molecule is CC(C)OCC(CSSCC(COC(C)C)OC(C)C)OC(C)C. The fraction of sp³-hybridized carbons (Fsp3) is 1.00. The van der Waals surface area contributed by atoms with Crippen molar-refractivity contribution >= 4 is 21.6 Å². The van der Waals surface area contributed by atoms with Gasteiger partial charge in [0.1, 0.15) is 0 Å². The summed E-state index contributed by atoms with van der Waals surface area (Å²) in [6, 6.07) is 0. The van der Waals surface area contributed by atoms with Crippen LogP contribution in [-0.4, -0.2) is 61.3 Å². The summed E-state index contributed by atoms with van der Waals surface area (Å²) in [4.78, 5) is 0. The summed E-state index contributed by atoms with van der Waals surface area (Å²) in [5.41, 5.74) is 0. The highest BCUT2D eigenvalue weighted by Gasteiger charge is 2.16. The van der Waals surface area contributed by atoms with Gasteiger partial charge in [0.25, 0.3) is 0 Å². The molecule has 0 aromatic rings. The minimum absolute atomic E-state index is 0.126. The molecule has 0 bridgehead atoms. The van der Waals surface area contributed by atoms with Gasteiger partial charge in [-0.05, 0) is 55.4 Å². The largest absolute Gasteiger partial charge is 0.376 e. The fourth-order valence-electron chi connectivity index (χ4n) is 1.87. The topological polar surface area (TPSA) is 36.9 Å². The monoisotopic (exact) mass is 382 g/mol. The highest BCUT2D eigenvalue weighted by atomic mass is 33.1. The van der Waals surface area contributed by atoms with E-state index in [4.69, 9.17) is 18.9 Å². The molecule has 6 heteroatoms. The molecule has 0 fully saturated rings. The third kappa shape index (κ3) is 16.0. The van der Waals surface area contributed by atoms with Gasteiger partial charge in [-0.1, -0.05) is 21.6 Å². The smallest absolute Gasteiger partial charge is 0.0910 e.